The summed E-state index contributed by atoms with van der Waals surface area (Å²) in [5.74, 6) is 0.930. The lowest BCUT2D eigenvalue weighted by Gasteiger charge is -2.35. The van der Waals surface area contributed by atoms with Crippen LogP contribution in [0.3, 0.4) is 0 Å². The average Bonchev–Trinajstić information content (AvgIpc) is 2.95. The minimum Gasteiger partial charge on any atom is -0.351 e. The first-order valence-corrected chi connectivity index (χ1v) is 9.97. The van der Waals surface area contributed by atoms with Gasteiger partial charge in [0.1, 0.15) is 0 Å². The quantitative estimate of drug-likeness (QED) is 0.812. The number of rotatable bonds is 4. The fraction of sp³-hybridized carbons (Fsp3) is 0.524. The van der Waals surface area contributed by atoms with Gasteiger partial charge in [0, 0.05) is 49.7 Å². The maximum Gasteiger partial charge on any atom is 0.292 e. The van der Waals surface area contributed by atoms with Gasteiger partial charge in [-0.05, 0) is 43.2 Å². The van der Waals surface area contributed by atoms with E-state index in [1.165, 1.54) is 0 Å². The van der Waals surface area contributed by atoms with E-state index in [0.717, 1.165) is 25.0 Å². The summed E-state index contributed by atoms with van der Waals surface area (Å²) in [5, 5.41) is 4.05. The van der Waals surface area contributed by atoms with Gasteiger partial charge in [-0.1, -0.05) is 19.0 Å². The van der Waals surface area contributed by atoms with E-state index in [4.69, 9.17) is 4.52 Å². The second-order valence-electron chi connectivity index (χ2n) is 8.28. The van der Waals surface area contributed by atoms with Crippen molar-refractivity contribution in [1.29, 1.82) is 0 Å². The van der Waals surface area contributed by atoms with Crippen LogP contribution in [0.4, 0.5) is 0 Å². The Labute approximate surface area is 164 Å². The van der Waals surface area contributed by atoms with Gasteiger partial charge < -0.3 is 14.3 Å². The van der Waals surface area contributed by atoms with E-state index in [1.807, 2.05) is 9.80 Å². The molecular formula is C21H26N4O3. The van der Waals surface area contributed by atoms with Crippen molar-refractivity contribution in [2.45, 2.75) is 39.2 Å². The Bertz CT molecular complexity index is 848. The molecule has 0 spiro atoms. The van der Waals surface area contributed by atoms with Crippen molar-refractivity contribution in [2.24, 2.45) is 11.8 Å². The van der Waals surface area contributed by atoms with Crippen molar-refractivity contribution in [3.05, 3.63) is 47.6 Å². The van der Waals surface area contributed by atoms with Crippen LogP contribution in [0.25, 0.3) is 0 Å². The molecule has 2 atom stereocenters. The Morgan fingerprint density at radius 2 is 1.93 bits per heavy atom. The van der Waals surface area contributed by atoms with Gasteiger partial charge in [0.15, 0.2) is 0 Å². The zero-order valence-electron chi connectivity index (χ0n) is 16.4. The second kappa shape index (κ2) is 7.73. The molecule has 3 aliphatic heterocycles. The van der Waals surface area contributed by atoms with Gasteiger partial charge in [-0.3, -0.25) is 14.6 Å². The molecule has 0 aromatic carbocycles. The van der Waals surface area contributed by atoms with Gasteiger partial charge in [0.25, 0.3) is 11.8 Å². The summed E-state index contributed by atoms with van der Waals surface area (Å²) in [6.45, 7) is 6.10. The highest BCUT2D eigenvalue weighted by molar-refractivity contribution is 5.94. The number of pyridine rings is 1. The van der Waals surface area contributed by atoms with E-state index >= 15 is 0 Å². The number of carbonyl (C=O) groups is 2. The standard InChI is InChI=1S/C21H26N4O3/c1-14(2)9-17-10-19(28-23-17)21(27)25-12-15-3-4-18(25)13-24(11-15)20(26)16-5-7-22-8-6-16/h5-8,10,14-15,18H,3-4,9,11-13H2,1-2H3/t15-,18+/m0/s1. The Morgan fingerprint density at radius 3 is 2.68 bits per heavy atom. The molecule has 0 N–H and O–H groups in total. The molecule has 148 valence electrons. The van der Waals surface area contributed by atoms with Crippen molar-refractivity contribution >= 4 is 11.8 Å². The van der Waals surface area contributed by atoms with Crippen LogP contribution in [0.2, 0.25) is 0 Å². The second-order valence-corrected chi connectivity index (χ2v) is 8.28. The summed E-state index contributed by atoms with van der Waals surface area (Å²) in [6, 6.07) is 5.25. The maximum atomic E-state index is 13.1. The molecule has 3 fully saturated rings. The number of piperidine rings is 1. The van der Waals surface area contributed by atoms with Gasteiger partial charge in [0.05, 0.1) is 5.69 Å². The fourth-order valence-corrected chi connectivity index (χ4v) is 4.24. The smallest absolute Gasteiger partial charge is 0.292 e. The minimum atomic E-state index is -0.115. The number of hydrogen-bond donors (Lipinski definition) is 0. The molecule has 3 saturated heterocycles. The number of amides is 2. The average molecular weight is 382 g/mol. The number of carbonyl (C=O) groups excluding carboxylic acids is 2. The van der Waals surface area contributed by atoms with Crippen molar-refractivity contribution in [2.75, 3.05) is 19.6 Å². The summed E-state index contributed by atoms with van der Waals surface area (Å²) < 4.78 is 5.34. The van der Waals surface area contributed by atoms with Crippen LogP contribution in [0, 0.1) is 11.8 Å². The van der Waals surface area contributed by atoms with E-state index in [9.17, 15) is 9.59 Å². The van der Waals surface area contributed by atoms with E-state index in [1.54, 1.807) is 30.6 Å². The van der Waals surface area contributed by atoms with Gasteiger partial charge in [0.2, 0.25) is 5.76 Å². The zero-order chi connectivity index (χ0) is 19.7. The maximum absolute atomic E-state index is 13.1. The van der Waals surface area contributed by atoms with E-state index < -0.39 is 0 Å². The number of aromatic nitrogens is 2. The first-order chi connectivity index (χ1) is 13.5. The molecular weight excluding hydrogens is 356 g/mol. The van der Waals surface area contributed by atoms with Crippen molar-refractivity contribution in [3.63, 3.8) is 0 Å². The molecule has 0 unspecified atom stereocenters. The number of fused-ring (bicyclic) bond motifs is 4. The summed E-state index contributed by atoms with van der Waals surface area (Å²) in [5.41, 5.74) is 1.45. The third kappa shape index (κ3) is 3.79. The molecule has 0 saturated carbocycles. The topological polar surface area (TPSA) is 79.5 Å². The monoisotopic (exact) mass is 382 g/mol. The zero-order valence-corrected chi connectivity index (χ0v) is 16.4. The third-order valence-corrected chi connectivity index (χ3v) is 5.58. The van der Waals surface area contributed by atoms with Crippen LogP contribution in [-0.4, -0.2) is 57.4 Å². The molecule has 7 heteroatoms. The van der Waals surface area contributed by atoms with Crippen LogP contribution in [0.5, 0.6) is 0 Å². The summed E-state index contributed by atoms with van der Waals surface area (Å²) >= 11 is 0. The minimum absolute atomic E-state index is 0.00693. The lowest BCUT2D eigenvalue weighted by Crippen LogP contribution is -2.47. The fourth-order valence-electron chi connectivity index (χ4n) is 4.24. The molecule has 3 aliphatic rings. The molecule has 0 aliphatic carbocycles. The predicted molar refractivity (Wildman–Crippen MR) is 103 cm³/mol. The molecule has 2 bridgehead atoms. The van der Waals surface area contributed by atoms with E-state index in [-0.39, 0.29) is 23.8 Å². The van der Waals surface area contributed by atoms with Gasteiger partial charge >= 0.3 is 0 Å². The van der Waals surface area contributed by atoms with Crippen LogP contribution < -0.4 is 0 Å². The van der Waals surface area contributed by atoms with Crippen LogP contribution in [0.1, 0.15) is 53.3 Å². The summed E-state index contributed by atoms with van der Waals surface area (Å²) in [7, 11) is 0. The highest BCUT2D eigenvalue weighted by Crippen LogP contribution is 2.30. The lowest BCUT2D eigenvalue weighted by atomic mass is 9.94. The van der Waals surface area contributed by atoms with Crippen LogP contribution in [-0.2, 0) is 6.42 Å². The van der Waals surface area contributed by atoms with Gasteiger partial charge in [-0.25, -0.2) is 0 Å². The van der Waals surface area contributed by atoms with Crippen molar-refractivity contribution in [3.8, 4) is 0 Å². The molecule has 2 aromatic heterocycles. The van der Waals surface area contributed by atoms with Gasteiger partial charge in [-0.2, -0.15) is 0 Å². The Morgan fingerprint density at radius 1 is 1.14 bits per heavy atom. The van der Waals surface area contributed by atoms with E-state index in [0.29, 0.717) is 36.9 Å². The lowest BCUT2D eigenvalue weighted by molar-refractivity contribution is 0.0535. The summed E-state index contributed by atoms with van der Waals surface area (Å²) in [4.78, 5) is 33.7. The Kier molecular flexibility index (Phi) is 5.15. The molecule has 28 heavy (non-hydrogen) atoms. The van der Waals surface area contributed by atoms with Crippen LogP contribution >= 0.6 is 0 Å². The van der Waals surface area contributed by atoms with Crippen LogP contribution in [0.15, 0.2) is 35.1 Å². The highest BCUT2D eigenvalue weighted by Gasteiger charge is 2.40. The first-order valence-electron chi connectivity index (χ1n) is 9.97. The number of hydrogen-bond acceptors (Lipinski definition) is 5. The largest absolute Gasteiger partial charge is 0.351 e. The van der Waals surface area contributed by atoms with Gasteiger partial charge in [-0.15, -0.1) is 0 Å². The highest BCUT2D eigenvalue weighted by atomic mass is 16.5. The normalized spacial score (nSPS) is 21.8. The molecule has 5 rings (SSSR count). The SMILES string of the molecule is CC(C)Cc1cc(C(=O)N2C[C@H]3CC[C@@H]2CN(C(=O)c2ccncc2)C3)on1. The first kappa shape index (κ1) is 18.7. The Hall–Kier alpha value is -2.70. The van der Waals surface area contributed by atoms with Crippen molar-refractivity contribution in [1.82, 2.24) is 19.9 Å². The molecule has 2 amide bonds. The van der Waals surface area contributed by atoms with Crippen molar-refractivity contribution < 1.29 is 14.1 Å². The third-order valence-electron chi connectivity index (χ3n) is 5.58. The summed E-state index contributed by atoms with van der Waals surface area (Å²) in [6.07, 6.45) is 5.99. The molecule has 5 heterocycles. The predicted octanol–water partition coefficient (Wildman–Crippen LogP) is 2.64. The molecule has 0 radical (unpaired) electrons. The van der Waals surface area contributed by atoms with E-state index in [2.05, 4.69) is 24.0 Å². The molecule has 7 nitrogen and oxygen atoms in total. The number of nitrogens with zero attached hydrogens (tertiary/aromatic N) is 4. The Balaban J connectivity index is 1.49. The molecule has 2 aromatic rings.